The minimum Gasteiger partial charge on any atom is -0.0850 e. The second-order valence-corrected chi connectivity index (χ2v) is 6.42. The fourth-order valence-corrected chi connectivity index (χ4v) is 4.69. The SMILES string of the molecule is Clc1ccc2c(c1)CCCC21CC2=CCC1C2. The van der Waals surface area contributed by atoms with E-state index in [1.54, 1.807) is 11.1 Å². The summed E-state index contributed by atoms with van der Waals surface area (Å²) >= 11 is 6.14. The molecular formula is C16H17Cl. The van der Waals surface area contributed by atoms with E-state index in [9.17, 15) is 0 Å². The number of allylic oxidation sites excluding steroid dienone is 2. The van der Waals surface area contributed by atoms with Crippen LogP contribution in [0.3, 0.4) is 0 Å². The molecule has 2 atom stereocenters. The normalized spacial score (nSPS) is 33.9. The van der Waals surface area contributed by atoms with Gasteiger partial charge in [0.1, 0.15) is 0 Å². The van der Waals surface area contributed by atoms with Gasteiger partial charge >= 0.3 is 0 Å². The van der Waals surface area contributed by atoms with E-state index in [1.807, 2.05) is 0 Å². The van der Waals surface area contributed by atoms with Crippen LogP contribution in [0.1, 0.15) is 43.2 Å². The van der Waals surface area contributed by atoms with Crippen LogP contribution in [0.4, 0.5) is 0 Å². The summed E-state index contributed by atoms with van der Waals surface area (Å²) in [6, 6.07) is 6.62. The van der Waals surface area contributed by atoms with Gasteiger partial charge in [0.15, 0.2) is 0 Å². The summed E-state index contributed by atoms with van der Waals surface area (Å²) in [5.74, 6) is 0.887. The van der Waals surface area contributed by atoms with Crippen LogP contribution in [0, 0.1) is 5.92 Å². The van der Waals surface area contributed by atoms with Crippen molar-refractivity contribution >= 4 is 11.6 Å². The second-order valence-electron chi connectivity index (χ2n) is 5.99. The zero-order chi connectivity index (χ0) is 11.5. The van der Waals surface area contributed by atoms with Crippen molar-refractivity contribution in [2.45, 2.75) is 43.9 Å². The van der Waals surface area contributed by atoms with Gasteiger partial charge in [-0.1, -0.05) is 29.3 Å². The van der Waals surface area contributed by atoms with Gasteiger partial charge in [-0.05, 0) is 67.7 Å². The number of fused-ring (bicyclic) bond motifs is 5. The van der Waals surface area contributed by atoms with Gasteiger partial charge in [0.25, 0.3) is 0 Å². The Hall–Kier alpha value is -0.750. The Kier molecular flexibility index (Phi) is 2.03. The number of benzene rings is 1. The first-order valence-electron chi connectivity index (χ1n) is 6.75. The highest BCUT2D eigenvalue weighted by Gasteiger charge is 2.49. The highest BCUT2D eigenvalue weighted by molar-refractivity contribution is 6.30. The first-order chi connectivity index (χ1) is 8.28. The van der Waals surface area contributed by atoms with Gasteiger partial charge in [0.2, 0.25) is 0 Å². The summed E-state index contributed by atoms with van der Waals surface area (Å²) in [5.41, 5.74) is 5.36. The highest BCUT2D eigenvalue weighted by Crippen LogP contribution is 2.58. The molecule has 1 saturated carbocycles. The molecule has 1 spiro atoms. The zero-order valence-electron chi connectivity index (χ0n) is 10.0. The molecule has 0 amide bonds. The van der Waals surface area contributed by atoms with Gasteiger partial charge in [0.05, 0.1) is 0 Å². The van der Waals surface area contributed by atoms with Crippen LogP contribution in [0.25, 0.3) is 0 Å². The minimum atomic E-state index is 0.488. The Morgan fingerprint density at radius 3 is 3.00 bits per heavy atom. The number of hydrogen-bond donors (Lipinski definition) is 0. The van der Waals surface area contributed by atoms with Gasteiger partial charge in [0, 0.05) is 10.4 Å². The minimum absolute atomic E-state index is 0.488. The molecule has 1 aromatic carbocycles. The second kappa shape index (κ2) is 3.38. The van der Waals surface area contributed by atoms with E-state index in [-0.39, 0.29) is 0 Å². The van der Waals surface area contributed by atoms with Crippen LogP contribution in [-0.2, 0) is 11.8 Å². The maximum absolute atomic E-state index is 6.14. The largest absolute Gasteiger partial charge is 0.0850 e. The fourth-order valence-electron chi connectivity index (χ4n) is 4.50. The third-order valence-corrected chi connectivity index (χ3v) is 5.43. The lowest BCUT2D eigenvalue weighted by Gasteiger charge is -2.41. The number of halogens is 1. The molecule has 4 rings (SSSR count). The topological polar surface area (TPSA) is 0 Å². The molecular weight excluding hydrogens is 228 g/mol. The van der Waals surface area contributed by atoms with Crippen molar-refractivity contribution in [2.75, 3.05) is 0 Å². The van der Waals surface area contributed by atoms with Crippen molar-refractivity contribution in [2.24, 2.45) is 5.92 Å². The van der Waals surface area contributed by atoms with Gasteiger partial charge < -0.3 is 0 Å². The van der Waals surface area contributed by atoms with E-state index < -0.39 is 0 Å². The Morgan fingerprint density at radius 1 is 1.29 bits per heavy atom. The Labute approximate surface area is 108 Å². The summed E-state index contributed by atoms with van der Waals surface area (Å²) < 4.78 is 0. The molecule has 3 aliphatic rings. The molecule has 0 N–H and O–H groups in total. The fraction of sp³-hybridized carbons (Fsp3) is 0.500. The molecule has 88 valence electrons. The molecule has 0 aromatic heterocycles. The van der Waals surface area contributed by atoms with Crippen LogP contribution >= 0.6 is 11.6 Å². The predicted octanol–water partition coefficient (Wildman–Crippen LogP) is 4.65. The van der Waals surface area contributed by atoms with Gasteiger partial charge in [-0.25, -0.2) is 0 Å². The van der Waals surface area contributed by atoms with Crippen LogP contribution in [-0.4, -0.2) is 0 Å². The molecule has 2 unspecified atom stereocenters. The molecule has 1 fully saturated rings. The molecule has 0 radical (unpaired) electrons. The molecule has 3 aliphatic carbocycles. The monoisotopic (exact) mass is 244 g/mol. The van der Waals surface area contributed by atoms with Crippen LogP contribution in [0.2, 0.25) is 5.02 Å². The molecule has 0 saturated heterocycles. The summed E-state index contributed by atoms with van der Waals surface area (Å²) in [6.45, 7) is 0. The van der Waals surface area contributed by atoms with E-state index in [1.165, 1.54) is 44.1 Å². The van der Waals surface area contributed by atoms with Crippen molar-refractivity contribution in [3.63, 3.8) is 0 Å². The number of hydrogen-bond acceptors (Lipinski definition) is 0. The van der Waals surface area contributed by atoms with E-state index in [0.717, 1.165) is 10.9 Å². The van der Waals surface area contributed by atoms with Crippen LogP contribution in [0.5, 0.6) is 0 Å². The van der Waals surface area contributed by atoms with Gasteiger partial charge in [-0.15, -0.1) is 0 Å². The Bertz CT molecular complexity index is 514. The average molecular weight is 245 g/mol. The lowest BCUT2D eigenvalue weighted by molar-refractivity contribution is 0.270. The average Bonchev–Trinajstić information content (AvgIpc) is 2.89. The molecule has 0 aliphatic heterocycles. The quantitative estimate of drug-likeness (QED) is 0.583. The van der Waals surface area contributed by atoms with Crippen molar-refractivity contribution in [3.8, 4) is 0 Å². The van der Waals surface area contributed by atoms with Crippen molar-refractivity contribution in [3.05, 3.63) is 46.0 Å². The molecule has 0 heterocycles. The van der Waals surface area contributed by atoms with E-state index in [4.69, 9.17) is 11.6 Å². The smallest absolute Gasteiger partial charge is 0.0408 e. The van der Waals surface area contributed by atoms with Crippen LogP contribution < -0.4 is 0 Å². The maximum atomic E-state index is 6.14. The van der Waals surface area contributed by atoms with Gasteiger partial charge in [-0.3, -0.25) is 0 Å². The number of rotatable bonds is 0. The summed E-state index contributed by atoms with van der Waals surface area (Å²) in [5, 5.41) is 0.906. The third kappa shape index (κ3) is 1.31. The first kappa shape index (κ1) is 10.2. The molecule has 1 aromatic rings. The third-order valence-electron chi connectivity index (χ3n) is 5.20. The lowest BCUT2D eigenvalue weighted by atomic mass is 9.62. The van der Waals surface area contributed by atoms with Crippen molar-refractivity contribution in [1.82, 2.24) is 0 Å². The Balaban J connectivity index is 1.88. The van der Waals surface area contributed by atoms with E-state index in [0.29, 0.717) is 5.41 Å². The molecule has 0 nitrogen and oxygen atoms in total. The zero-order valence-corrected chi connectivity index (χ0v) is 10.8. The molecule has 2 bridgehead atoms. The summed E-state index contributed by atoms with van der Waals surface area (Å²) in [4.78, 5) is 0. The lowest BCUT2D eigenvalue weighted by Crippen LogP contribution is -2.35. The predicted molar refractivity (Wildman–Crippen MR) is 71.5 cm³/mol. The van der Waals surface area contributed by atoms with Crippen molar-refractivity contribution in [1.29, 1.82) is 0 Å². The Morgan fingerprint density at radius 2 is 2.24 bits per heavy atom. The standard InChI is InChI=1S/C16H17Cl/c17-14-5-6-15-12(9-14)2-1-7-16(15)10-11-3-4-13(16)8-11/h3,5-6,9,13H,1-2,4,7-8,10H2. The summed E-state index contributed by atoms with van der Waals surface area (Å²) in [7, 11) is 0. The van der Waals surface area contributed by atoms with Crippen molar-refractivity contribution < 1.29 is 0 Å². The molecule has 1 heteroatoms. The first-order valence-corrected chi connectivity index (χ1v) is 7.12. The molecule has 17 heavy (non-hydrogen) atoms. The number of aryl methyl sites for hydroxylation is 1. The van der Waals surface area contributed by atoms with Gasteiger partial charge in [-0.2, -0.15) is 0 Å². The highest BCUT2D eigenvalue weighted by atomic mass is 35.5. The maximum Gasteiger partial charge on any atom is 0.0408 e. The van der Waals surface area contributed by atoms with E-state index in [2.05, 4.69) is 24.3 Å². The van der Waals surface area contributed by atoms with E-state index >= 15 is 0 Å². The van der Waals surface area contributed by atoms with Crippen LogP contribution in [0.15, 0.2) is 29.8 Å². The summed E-state index contributed by atoms with van der Waals surface area (Å²) in [6.07, 6.45) is 10.5.